The highest BCUT2D eigenvalue weighted by atomic mass is 32.2. The van der Waals surface area contributed by atoms with Gasteiger partial charge >= 0.3 is 6.18 Å². The molecule has 0 radical (unpaired) electrons. The molecule has 2 rings (SSSR count). The van der Waals surface area contributed by atoms with E-state index in [2.05, 4.69) is 5.32 Å². The number of rotatable bonds is 6. The fraction of sp³-hybridized carbons (Fsp3) is 0.278. The Balaban J connectivity index is 2.46. The van der Waals surface area contributed by atoms with Gasteiger partial charge in [-0.25, -0.2) is 8.42 Å². The fourth-order valence-corrected chi connectivity index (χ4v) is 3.50. The zero-order chi connectivity index (χ0) is 21.1. The molecule has 0 unspecified atom stereocenters. The van der Waals surface area contributed by atoms with Crippen molar-refractivity contribution in [2.75, 3.05) is 11.8 Å². The number of sulfonamides is 1. The molecule has 0 aliphatic heterocycles. The van der Waals surface area contributed by atoms with Gasteiger partial charge in [0.15, 0.2) is 0 Å². The van der Waals surface area contributed by atoms with Crippen molar-refractivity contribution in [3.63, 3.8) is 0 Å². The predicted octanol–water partition coefficient (Wildman–Crippen LogP) is 3.65. The van der Waals surface area contributed by atoms with Crippen LogP contribution in [0.4, 0.5) is 18.9 Å². The number of halogens is 3. The van der Waals surface area contributed by atoms with Gasteiger partial charge < -0.3 is 10.1 Å². The van der Waals surface area contributed by atoms with Crippen molar-refractivity contribution in [1.29, 1.82) is 0 Å². The second-order valence-corrected chi connectivity index (χ2v) is 7.82. The summed E-state index contributed by atoms with van der Waals surface area (Å²) in [6.45, 7) is 3.45. The Hall–Kier alpha value is -2.75. The van der Waals surface area contributed by atoms with Crippen LogP contribution in [-0.4, -0.2) is 27.5 Å². The summed E-state index contributed by atoms with van der Waals surface area (Å²) in [7, 11) is -3.08. The van der Waals surface area contributed by atoms with Crippen molar-refractivity contribution in [1.82, 2.24) is 5.32 Å². The van der Waals surface area contributed by atoms with E-state index in [0.29, 0.717) is 0 Å². The Morgan fingerprint density at radius 2 is 1.75 bits per heavy atom. The second kappa shape index (κ2) is 8.09. The number of nitrogens with one attached hydrogen (secondary N) is 2. The Morgan fingerprint density at radius 1 is 1.11 bits per heavy atom. The molecule has 0 fully saturated rings. The molecule has 0 saturated heterocycles. The van der Waals surface area contributed by atoms with Crippen LogP contribution >= 0.6 is 0 Å². The smallest absolute Gasteiger partial charge is 0.418 e. The molecule has 0 heterocycles. The Labute approximate surface area is 160 Å². The van der Waals surface area contributed by atoms with Gasteiger partial charge in [0, 0.05) is 6.04 Å². The van der Waals surface area contributed by atoms with Gasteiger partial charge in [0.1, 0.15) is 5.75 Å². The number of methoxy groups -OCH3 is 1. The first kappa shape index (κ1) is 21.5. The zero-order valence-electron chi connectivity index (χ0n) is 15.3. The number of alkyl halides is 3. The van der Waals surface area contributed by atoms with Crippen molar-refractivity contribution in [3.05, 3.63) is 53.6 Å². The van der Waals surface area contributed by atoms with Crippen molar-refractivity contribution in [2.45, 2.75) is 31.0 Å². The summed E-state index contributed by atoms with van der Waals surface area (Å²) in [6, 6.07) is 7.46. The number of para-hydroxylation sites is 1. The van der Waals surface area contributed by atoms with E-state index in [1.165, 1.54) is 19.2 Å². The maximum absolute atomic E-state index is 13.1. The standard InChI is InChI=1S/C18H19F3N2O4S/c1-11(2)22-17(24)13-10-12(8-9-16(13)27-3)28(25,26)23-15-7-5-4-6-14(15)18(19,20)21/h4-11,23H,1-3H3,(H,22,24). The van der Waals surface area contributed by atoms with Gasteiger partial charge in [-0.2, -0.15) is 13.2 Å². The molecule has 6 nitrogen and oxygen atoms in total. The molecule has 0 aliphatic carbocycles. The molecule has 2 N–H and O–H groups in total. The van der Waals surface area contributed by atoms with Gasteiger partial charge in [0.2, 0.25) is 0 Å². The van der Waals surface area contributed by atoms with Gasteiger partial charge in [0.05, 0.1) is 28.8 Å². The second-order valence-electron chi connectivity index (χ2n) is 6.14. The van der Waals surface area contributed by atoms with Crippen LogP contribution in [0.1, 0.15) is 29.8 Å². The third kappa shape index (κ3) is 4.94. The molecule has 2 aromatic carbocycles. The summed E-state index contributed by atoms with van der Waals surface area (Å²) < 4.78 is 71.6. The van der Waals surface area contributed by atoms with Crippen LogP contribution in [0, 0.1) is 0 Å². The molecule has 0 atom stereocenters. The van der Waals surface area contributed by atoms with Crippen LogP contribution in [0.15, 0.2) is 47.4 Å². The van der Waals surface area contributed by atoms with Gasteiger partial charge in [-0.15, -0.1) is 0 Å². The maximum Gasteiger partial charge on any atom is 0.418 e. The predicted molar refractivity (Wildman–Crippen MR) is 97.8 cm³/mol. The molecule has 0 spiro atoms. The van der Waals surface area contributed by atoms with Gasteiger partial charge in [-0.3, -0.25) is 9.52 Å². The first-order valence-electron chi connectivity index (χ1n) is 8.13. The number of ether oxygens (including phenoxy) is 1. The normalized spacial score (nSPS) is 12.0. The Kier molecular flexibility index (Phi) is 6.23. The lowest BCUT2D eigenvalue weighted by Gasteiger charge is -2.16. The minimum atomic E-state index is -4.73. The van der Waals surface area contributed by atoms with E-state index in [1.807, 2.05) is 4.72 Å². The molecule has 0 bridgehead atoms. The molecular formula is C18H19F3N2O4S. The summed E-state index contributed by atoms with van der Waals surface area (Å²) in [5.74, 6) is -0.438. The minimum absolute atomic E-state index is 0.0526. The van der Waals surface area contributed by atoms with Gasteiger partial charge in [-0.1, -0.05) is 12.1 Å². The fourth-order valence-electron chi connectivity index (χ4n) is 2.39. The number of carbonyl (C=O) groups excluding carboxylic acids is 1. The molecule has 10 heteroatoms. The summed E-state index contributed by atoms with van der Waals surface area (Å²) in [5.41, 5.74) is -1.79. The van der Waals surface area contributed by atoms with Crippen LogP contribution in [0.2, 0.25) is 0 Å². The number of amides is 1. The molecule has 1 amide bonds. The van der Waals surface area contributed by atoms with Crippen molar-refractivity contribution >= 4 is 21.6 Å². The highest BCUT2D eigenvalue weighted by Gasteiger charge is 2.34. The minimum Gasteiger partial charge on any atom is -0.496 e. The molecular weight excluding hydrogens is 397 g/mol. The number of hydrogen-bond acceptors (Lipinski definition) is 4. The summed E-state index contributed by atoms with van der Waals surface area (Å²) >= 11 is 0. The lowest BCUT2D eigenvalue weighted by Crippen LogP contribution is -2.30. The molecule has 152 valence electrons. The molecule has 28 heavy (non-hydrogen) atoms. The van der Waals surface area contributed by atoms with Crippen LogP contribution in [0.25, 0.3) is 0 Å². The first-order valence-corrected chi connectivity index (χ1v) is 9.62. The number of benzene rings is 2. The molecule has 0 aromatic heterocycles. The first-order chi connectivity index (χ1) is 13.0. The van der Waals surface area contributed by atoms with E-state index in [0.717, 1.165) is 30.3 Å². The summed E-state index contributed by atoms with van der Waals surface area (Å²) in [6.07, 6.45) is -4.73. The van der Waals surface area contributed by atoms with Crippen LogP contribution in [-0.2, 0) is 16.2 Å². The SMILES string of the molecule is COc1ccc(S(=O)(=O)Nc2ccccc2C(F)(F)F)cc1C(=O)NC(C)C. The highest BCUT2D eigenvalue weighted by molar-refractivity contribution is 7.92. The maximum atomic E-state index is 13.1. The lowest BCUT2D eigenvalue weighted by molar-refractivity contribution is -0.136. The Morgan fingerprint density at radius 3 is 2.32 bits per heavy atom. The van der Waals surface area contributed by atoms with E-state index >= 15 is 0 Å². The third-order valence-corrected chi connectivity index (χ3v) is 4.99. The number of carbonyl (C=O) groups is 1. The largest absolute Gasteiger partial charge is 0.496 e. The average Bonchev–Trinajstić information content (AvgIpc) is 2.59. The topological polar surface area (TPSA) is 84.5 Å². The summed E-state index contributed by atoms with van der Waals surface area (Å²) in [4.78, 5) is 11.9. The Bertz CT molecular complexity index is 973. The van der Waals surface area contributed by atoms with Crippen molar-refractivity contribution < 1.29 is 31.1 Å². The zero-order valence-corrected chi connectivity index (χ0v) is 16.1. The van der Waals surface area contributed by atoms with E-state index in [9.17, 15) is 26.4 Å². The molecule has 0 aliphatic rings. The molecule has 2 aromatic rings. The van der Waals surface area contributed by atoms with Crippen molar-refractivity contribution in [3.8, 4) is 5.75 Å². The van der Waals surface area contributed by atoms with E-state index in [1.54, 1.807) is 13.8 Å². The monoisotopic (exact) mass is 416 g/mol. The van der Waals surface area contributed by atoms with E-state index in [4.69, 9.17) is 4.74 Å². The van der Waals surface area contributed by atoms with Crippen LogP contribution in [0.5, 0.6) is 5.75 Å². The van der Waals surface area contributed by atoms with Gasteiger partial charge in [0.25, 0.3) is 15.9 Å². The average molecular weight is 416 g/mol. The van der Waals surface area contributed by atoms with E-state index in [-0.39, 0.29) is 22.3 Å². The van der Waals surface area contributed by atoms with E-state index < -0.39 is 33.4 Å². The van der Waals surface area contributed by atoms with Crippen molar-refractivity contribution in [2.24, 2.45) is 0 Å². The van der Waals surface area contributed by atoms with Crippen LogP contribution < -0.4 is 14.8 Å². The quantitative estimate of drug-likeness (QED) is 0.753. The third-order valence-electron chi connectivity index (χ3n) is 3.62. The number of anilines is 1. The molecule has 0 saturated carbocycles. The lowest BCUT2D eigenvalue weighted by atomic mass is 10.2. The highest BCUT2D eigenvalue weighted by Crippen LogP contribution is 2.35. The summed E-state index contributed by atoms with van der Waals surface area (Å²) in [5, 5.41) is 2.61. The van der Waals surface area contributed by atoms with Gasteiger partial charge in [-0.05, 0) is 44.2 Å². The van der Waals surface area contributed by atoms with Crippen LogP contribution in [0.3, 0.4) is 0 Å². The number of hydrogen-bond donors (Lipinski definition) is 2.